The number of ether oxygens (including phenoxy) is 1. The van der Waals surface area contributed by atoms with Crippen LogP contribution in [0.15, 0.2) is 91.0 Å². The van der Waals surface area contributed by atoms with E-state index in [2.05, 4.69) is 10.6 Å². The molecule has 0 saturated heterocycles. The van der Waals surface area contributed by atoms with Crippen LogP contribution in [0.3, 0.4) is 0 Å². The summed E-state index contributed by atoms with van der Waals surface area (Å²) >= 11 is 0. The van der Waals surface area contributed by atoms with Crippen molar-refractivity contribution in [2.24, 2.45) is 0 Å². The van der Waals surface area contributed by atoms with Crippen molar-refractivity contribution in [2.45, 2.75) is 12.0 Å². The molecule has 0 aliphatic rings. The number of hydrogen-bond donors (Lipinski definition) is 2. The topological polar surface area (TPSA) is 84.5 Å². The third-order valence-electron chi connectivity index (χ3n) is 4.87. The summed E-state index contributed by atoms with van der Waals surface area (Å²) in [5.41, 5.74) is 2.17. The van der Waals surface area contributed by atoms with E-state index < -0.39 is 23.8 Å². The van der Waals surface area contributed by atoms with Gasteiger partial charge in [-0.25, -0.2) is 4.79 Å². The normalized spacial score (nSPS) is 11.4. The average molecular weight is 416 g/mol. The lowest BCUT2D eigenvalue weighted by Crippen LogP contribution is -2.49. The Bertz CT molecular complexity index is 968. The molecular weight excluding hydrogens is 392 g/mol. The van der Waals surface area contributed by atoms with E-state index in [-0.39, 0.29) is 12.5 Å². The second-order valence-corrected chi connectivity index (χ2v) is 6.92. The molecule has 0 bridgehead atoms. The van der Waals surface area contributed by atoms with E-state index in [0.29, 0.717) is 5.56 Å². The van der Waals surface area contributed by atoms with Gasteiger partial charge in [0.2, 0.25) is 5.91 Å². The molecule has 6 heteroatoms. The third kappa shape index (κ3) is 5.79. The largest absolute Gasteiger partial charge is 0.467 e. The summed E-state index contributed by atoms with van der Waals surface area (Å²) in [4.78, 5) is 37.5. The van der Waals surface area contributed by atoms with Crippen molar-refractivity contribution in [2.75, 3.05) is 13.7 Å². The molecule has 2 N–H and O–H groups in total. The third-order valence-corrected chi connectivity index (χ3v) is 4.87. The summed E-state index contributed by atoms with van der Waals surface area (Å²) in [7, 11) is 1.28. The Balaban J connectivity index is 1.80. The molecule has 1 atom stereocenters. The van der Waals surface area contributed by atoms with E-state index in [1.54, 1.807) is 30.3 Å². The van der Waals surface area contributed by atoms with E-state index in [0.717, 1.165) is 11.1 Å². The molecular formula is C25H24N2O4. The molecule has 158 valence electrons. The molecule has 0 radical (unpaired) electrons. The predicted octanol–water partition coefficient (Wildman–Crippen LogP) is 2.91. The lowest BCUT2D eigenvalue weighted by Gasteiger charge is -2.27. The van der Waals surface area contributed by atoms with Crippen molar-refractivity contribution in [3.05, 3.63) is 108 Å². The molecule has 0 saturated carbocycles. The second-order valence-electron chi connectivity index (χ2n) is 6.92. The first-order valence-electron chi connectivity index (χ1n) is 9.90. The van der Waals surface area contributed by atoms with Gasteiger partial charge in [-0.3, -0.25) is 9.59 Å². The first-order valence-corrected chi connectivity index (χ1v) is 9.90. The Morgan fingerprint density at radius 1 is 0.774 bits per heavy atom. The predicted molar refractivity (Wildman–Crippen MR) is 117 cm³/mol. The van der Waals surface area contributed by atoms with Crippen molar-refractivity contribution in [1.29, 1.82) is 0 Å². The van der Waals surface area contributed by atoms with Crippen LogP contribution in [0.5, 0.6) is 0 Å². The second kappa shape index (κ2) is 10.7. The highest BCUT2D eigenvalue weighted by Gasteiger charge is 2.33. The summed E-state index contributed by atoms with van der Waals surface area (Å²) in [5, 5.41) is 5.32. The lowest BCUT2D eigenvalue weighted by molar-refractivity contribution is -0.145. The smallest absolute Gasteiger partial charge is 0.329 e. The monoisotopic (exact) mass is 416 g/mol. The van der Waals surface area contributed by atoms with Gasteiger partial charge in [0.1, 0.15) is 6.04 Å². The number of amides is 2. The van der Waals surface area contributed by atoms with Crippen molar-refractivity contribution in [3.63, 3.8) is 0 Å². The minimum atomic E-state index is -0.962. The van der Waals surface area contributed by atoms with Crippen LogP contribution in [0.25, 0.3) is 0 Å². The molecule has 0 spiro atoms. The molecule has 3 aromatic rings. The molecule has 6 nitrogen and oxygen atoms in total. The molecule has 2 amide bonds. The van der Waals surface area contributed by atoms with E-state index >= 15 is 0 Å². The van der Waals surface area contributed by atoms with Crippen LogP contribution in [0.4, 0.5) is 0 Å². The van der Waals surface area contributed by atoms with Gasteiger partial charge in [0, 0.05) is 11.5 Å². The Morgan fingerprint density at radius 3 is 1.74 bits per heavy atom. The van der Waals surface area contributed by atoms with Gasteiger partial charge in [0.05, 0.1) is 13.7 Å². The summed E-state index contributed by atoms with van der Waals surface area (Å²) in [6, 6.07) is 26.5. The van der Waals surface area contributed by atoms with E-state index in [4.69, 9.17) is 4.74 Å². The first-order chi connectivity index (χ1) is 15.1. The highest BCUT2D eigenvalue weighted by molar-refractivity contribution is 5.97. The van der Waals surface area contributed by atoms with Gasteiger partial charge >= 0.3 is 5.97 Å². The van der Waals surface area contributed by atoms with Crippen LogP contribution in [-0.4, -0.2) is 37.5 Å². The fourth-order valence-electron chi connectivity index (χ4n) is 3.38. The van der Waals surface area contributed by atoms with Crippen LogP contribution >= 0.6 is 0 Å². The van der Waals surface area contributed by atoms with Gasteiger partial charge in [-0.1, -0.05) is 78.9 Å². The van der Waals surface area contributed by atoms with Crippen molar-refractivity contribution < 1.29 is 19.1 Å². The lowest BCUT2D eigenvalue weighted by atomic mass is 9.85. The van der Waals surface area contributed by atoms with Crippen LogP contribution in [-0.2, 0) is 14.3 Å². The molecule has 0 aromatic heterocycles. The molecule has 3 aromatic carbocycles. The number of rotatable bonds is 8. The molecule has 0 heterocycles. The molecule has 0 aliphatic heterocycles. The number of benzene rings is 3. The van der Waals surface area contributed by atoms with Gasteiger partial charge in [-0.15, -0.1) is 0 Å². The van der Waals surface area contributed by atoms with Crippen molar-refractivity contribution in [3.8, 4) is 0 Å². The Kier molecular flexibility index (Phi) is 7.54. The Hall–Kier alpha value is -3.93. The quantitative estimate of drug-likeness (QED) is 0.553. The van der Waals surface area contributed by atoms with E-state index in [1.807, 2.05) is 60.7 Å². The minimum Gasteiger partial charge on any atom is -0.467 e. The number of methoxy groups -OCH3 is 1. The minimum absolute atomic E-state index is 0.266. The molecule has 0 unspecified atom stereocenters. The highest BCUT2D eigenvalue weighted by Crippen LogP contribution is 2.28. The number of nitrogens with one attached hydrogen (secondary N) is 2. The van der Waals surface area contributed by atoms with Crippen LogP contribution in [0, 0.1) is 0 Å². The number of carbonyl (C=O) groups excluding carboxylic acids is 3. The zero-order chi connectivity index (χ0) is 22.1. The molecule has 0 fully saturated rings. The van der Waals surface area contributed by atoms with Crippen LogP contribution in [0.2, 0.25) is 0 Å². The SMILES string of the molecule is COC(=O)[C@H](NC(=O)CNC(=O)c1ccccc1)C(c1ccccc1)c1ccccc1. The molecule has 0 aliphatic carbocycles. The molecule has 31 heavy (non-hydrogen) atoms. The van der Waals surface area contributed by atoms with E-state index in [9.17, 15) is 14.4 Å². The Morgan fingerprint density at radius 2 is 1.26 bits per heavy atom. The van der Waals surface area contributed by atoms with Gasteiger partial charge < -0.3 is 15.4 Å². The van der Waals surface area contributed by atoms with Gasteiger partial charge in [0.25, 0.3) is 5.91 Å². The summed E-state index contributed by atoms with van der Waals surface area (Å²) < 4.78 is 4.99. The zero-order valence-corrected chi connectivity index (χ0v) is 17.2. The highest BCUT2D eigenvalue weighted by atomic mass is 16.5. The van der Waals surface area contributed by atoms with Crippen LogP contribution in [0.1, 0.15) is 27.4 Å². The maximum absolute atomic E-state index is 12.7. The fourth-order valence-corrected chi connectivity index (χ4v) is 3.38. The van der Waals surface area contributed by atoms with Gasteiger partial charge in [0.15, 0.2) is 0 Å². The van der Waals surface area contributed by atoms with Gasteiger partial charge in [-0.2, -0.15) is 0 Å². The van der Waals surface area contributed by atoms with E-state index in [1.165, 1.54) is 7.11 Å². The standard InChI is InChI=1S/C25H24N2O4/c1-31-25(30)23(27-21(28)17-26-24(29)20-15-9-4-10-16-20)22(18-11-5-2-6-12-18)19-13-7-3-8-14-19/h2-16,22-23H,17H2,1H3,(H,26,29)(H,27,28)/t23-/m1/s1. The van der Waals surface area contributed by atoms with Crippen LogP contribution < -0.4 is 10.6 Å². The number of carbonyl (C=O) groups is 3. The van der Waals surface area contributed by atoms with Crippen molar-refractivity contribution >= 4 is 17.8 Å². The maximum atomic E-state index is 12.7. The summed E-state index contributed by atoms with van der Waals surface area (Å²) in [6.45, 7) is -0.266. The average Bonchev–Trinajstić information content (AvgIpc) is 2.83. The Labute approximate surface area is 181 Å². The number of esters is 1. The summed E-state index contributed by atoms with van der Waals surface area (Å²) in [5.74, 6) is -1.88. The fraction of sp³-hybridized carbons (Fsp3) is 0.160. The summed E-state index contributed by atoms with van der Waals surface area (Å²) in [6.07, 6.45) is 0. The molecule has 3 rings (SSSR count). The zero-order valence-electron chi connectivity index (χ0n) is 17.2. The first kappa shape index (κ1) is 21.8. The van der Waals surface area contributed by atoms with Crippen molar-refractivity contribution in [1.82, 2.24) is 10.6 Å². The van der Waals surface area contributed by atoms with Gasteiger partial charge in [-0.05, 0) is 23.3 Å². The number of hydrogen-bond acceptors (Lipinski definition) is 4. The maximum Gasteiger partial charge on any atom is 0.329 e.